The number of hydrogen-bond donors (Lipinski definition) is 0. The largest absolute Gasteiger partial charge is 0.335 e. The zero-order valence-electron chi connectivity index (χ0n) is 16.9. The summed E-state index contributed by atoms with van der Waals surface area (Å²) in [6.07, 6.45) is 9.41. The van der Waals surface area contributed by atoms with Crippen LogP contribution in [-0.2, 0) is 19.2 Å². The monoisotopic (exact) mass is 384 g/mol. The first-order valence-electron chi connectivity index (χ1n) is 10.8. The molecular weight excluding hydrogens is 348 g/mol. The number of rotatable bonds is 6. The van der Waals surface area contributed by atoms with Crippen LogP contribution < -0.4 is 0 Å². The highest BCUT2D eigenvalue weighted by molar-refractivity contribution is 7.99. The molecule has 5 aliphatic rings. The van der Waals surface area contributed by atoms with E-state index in [0.717, 1.165) is 12.8 Å². The second-order valence-corrected chi connectivity index (χ2v) is 10.4. The van der Waals surface area contributed by atoms with Crippen molar-refractivity contribution >= 4 is 11.8 Å². The molecule has 8 atom stereocenters. The number of ether oxygens (including phenoxy) is 2. The van der Waals surface area contributed by atoms with E-state index in [1.165, 1.54) is 44.3 Å². The summed E-state index contributed by atoms with van der Waals surface area (Å²) < 4.78 is 13.0. The van der Waals surface area contributed by atoms with E-state index >= 15 is 0 Å². The van der Waals surface area contributed by atoms with Gasteiger partial charge in [-0.05, 0) is 56.1 Å². The Morgan fingerprint density at radius 3 is 2.65 bits per heavy atom. The summed E-state index contributed by atoms with van der Waals surface area (Å²) in [6, 6.07) is 0. The van der Waals surface area contributed by atoms with Gasteiger partial charge in [0.15, 0.2) is 11.9 Å². The first-order valence-corrected chi connectivity index (χ1v) is 11.9. The van der Waals surface area contributed by atoms with Crippen molar-refractivity contribution in [3.63, 3.8) is 0 Å². The van der Waals surface area contributed by atoms with E-state index in [4.69, 9.17) is 19.2 Å². The predicted octanol–water partition coefficient (Wildman–Crippen LogP) is 5.51. The normalized spacial score (nSPS) is 50.3. The van der Waals surface area contributed by atoms with Crippen LogP contribution in [0.15, 0.2) is 0 Å². The molecule has 0 aromatic carbocycles. The van der Waals surface area contributed by atoms with Crippen molar-refractivity contribution in [1.82, 2.24) is 0 Å². The van der Waals surface area contributed by atoms with Crippen molar-refractivity contribution in [3.05, 3.63) is 0 Å². The molecule has 0 radical (unpaired) electrons. The van der Waals surface area contributed by atoms with Gasteiger partial charge in [-0.3, -0.25) is 0 Å². The molecule has 0 unspecified atom stereocenters. The molecule has 4 nitrogen and oxygen atoms in total. The van der Waals surface area contributed by atoms with Gasteiger partial charge in [-0.15, -0.1) is 11.8 Å². The van der Waals surface area contributed by atoms with Crippen molar-refractivity contribution in [3.8, 4) is 0 Å². The van der Waals surface area contributed by atoms with Gasteiger partial charge in [-0.2, -0.15) is 0 Å². The van der Waals surface area contributed by atoms with Crippen LogP contribution in [0.3, 0.4) is 0 Å². The minimum atomic E-state index is -0.658. The topological polar surface area (TPSA) is 36.9 Å². The van der Waals surface area contributed by atoms with Gasteiger partial charge in [-0.25, -0.2) is 9.78 Å². The van der Waals surface area contributed by atoms with E-state index < -0.39 is 11.4 Å². The molecule has 1 aliphatic carbocycles. The van der Waals surface area contributed by atoms with Gasteiger partial charge < -0.3 is 9.47 Å². The van der Waals surface area contributed by atoms with E-state index in [1.54, 1.807) is 0 Å². The van der Waals surface area contributed by atoms with Gasteiger partial charge in [0.25, 0.3) is 0 Å². The number of unbranched alkanes of at least 4 members (excludes halogenated alkanes) is 3. The van der Waals surface area contributed by atoms with Gasteiger partial charge in [0.1, 0.15) is 5.44 Å². The molecule has 2 bridgehead atoms. The fourth-order valence-corrected chi connectivity index (χ4v) is 7.07. The van der Waals surface area contributed by atoms with E-state index in [-0.39, 0.29) is 11.7 Å². The lowest BCUT2D eigenvalue weighted by Gasteiger charge is -2.60. The fourth-order valence-electron chi connectivity index (χ4n) is 5.79. The Morgan fingerprint density at radius 1 is 1.00 bits per heavy atom. The Bertz CT molecular complexity index is 502. The van der Waals surface area contributed by atoms with Gasteiger partial charge in [0, 0.05) is 12.3 Å². The van der Waals surface area contributed by atoms with Gasteiger partial charge in [0.2, 0.25) is 5.79 Å². The summed E-state index contributed by atoms with van der Waals surface area (Å²) in [6.45, 7) is 9.00. The third-order valence-corrected chi connectivity index (χ3v) is 8.77. The van der Waals surface area contributed by atoms with Crippen LogP contribution in [0.1, 0.15) is 79.1 Å². The second-order valence-electron chi connectivity index (χ2n) is 9.21. The molecule has 0 N–H and O–H groups in total. The van der Waals surface area contributed by atoms with Crippen LogP contribution >= 0.6 is 11.8 Å². The Morgan fingerprint density at radius 2 is 1.85 bits per heavy atom. The summed E-state index contributed by atoms with van der Waals surface area (Å²) in [5.41, 5.74) is -0.204. The first-order chi connectivity index (χ1) is 12.5. The Kier molecular flexibility index (Phi) is 5.66. The van der Waals surface area contributed by atoms with E-state index in [9.17, 15) is 0 Å². The van der Waals surface area contributed by atoms with Crippen LogP contribution in [0, 0.1) is 23.7 Å². The average molecular weight is 385 g/mol. The van der Waals surface area contributed by atoms with E-state index in [1.807, 2.05) is 18.7 Å². The van der Waals surface area contributed by atoms with Gasteiger partial charge in [-0.1, -0.05) is 40.0 Å². The summed E-state index contributed by atoms with van der Waals surface area (Å²) in [7, 11) is 0. The quantitative estimate of drug-likeness (QED) is 0.446. The molecule has 1 spiro atoms. The van der Waals surface area contributed by atoms with Crippen LogP contribution in [-0.4, -0.2) is 28.9 Å². The molecule has 5 fully saturated rings. The lowest BCUT2D eigenvalue weighted by atomic mass is 9.58. The number of thioether (sulfide) groups is 1. The van der Waals surface area contributed by atoms with Crippen molar-refractivity contribution in [1.29, 1.82) is 0 Å². The summed E-state index contributed by atoms with van der Waals surface area (Å²) in [4.78, 5) is 12.1. The highest BCUT2D eigenvalue weighted by Crippen LogP contribution is 2.61. The smallest absolute Gasteiger partial charge is 0.201 e. The minimum absolute atomic E-state index is 0.206. The maximum absolute atomic E-state index is 6.60. The van der Waals surface area contributed by atoms with Gasteiger partial charge in [0.05, 0.1) is 0 Å². The molecular formula is C21H36O4S. The van der Waals surface area contributed by atoms with Crippen molar-refractivity contribution in [2.24, 2.45) is 23.7 Å². The third kappa shape index (κ3) is 3.16. The molecule has 5 heteroatoms. The van der Waals surface area contributed by atoms with E-state index in [2.05, 4.69) is 20.8 Å². The Hall–Kier alpha value is 0.190. The lowest BCUT2D eigenvalue weighted by Crippen LogP contribution is -2.70. The first kappa shape index (κ1) is 19.5. The lowest BCUT2D eigenvalue weighted by molar-refractivity contribution is -0.568. The standard InChI is InChI=1S/C21H36O4S/c1-5-6-7-8-13-26-18-15(3)17-10-9-14(2)16-11-12-20(4)23-19(22-18)21(16,17)25-24-20/h14-19H,5-13H2,1-4H3/t14-,15-,16+,17+,18+,19-,20-,21-/m1/s1. The average Bonchev–Trinajstić information content (AvgIpc) is 2.85. The highest BCUT2D eigenvalue weighted by Gasteiger charge is 2.69. The second kappa shape index (κ2) is 7.55. The van der Waals surface area contributed by atoms with Crippen molar-refractivity contribution < 1.29 is 19.2 Å². The predicted molar refractivity (Wildman–Crippen MR) is 103 cm³/mol. The number of hydrogen-bond acceptors (Lipinski definition) is 5. The molecule has 150 valence electrons. The molecule has 0 aromatic heterocycles. The third-order valence-electron chi connectivity index (χ3n) is 7.38. The molecule has 4 heterocycles. The van der Waals surface area contributed by atoms with E-state index in [0.29, 0.717) is 23.7 Å². The van der Waals surface area contributed by atoms with Gasteiger partial charge >= 0.3 is 0 Å². The van der Waals surface area contributed by atoms with Crippen LogP contribution in [0.4, 0.5) is 0 Å². The SMILES string of the molecule is CCCCCCS[C@@H]1O[C@@H]2O[C@@]3(C)CC[C@H]4[C@H](C)CC[C@@H]([C@H]1C)[C@@]24OO3. The molecule has 0 amide bonds. The van der Waals surface area contributed by atoms with Crippen molar-refractivity contribution in [2.45, 2.75) is 102 Å². The molecule has 4 saturated heterocycles. The minimum Gasteiger partial charge on any atom is -0.335 e. The van der Waals surface area contributed by atoms with Crippen LogP contribution in [0.2, 0.25) is 0 Å². The zero-order chi connectivity index (χ0) is 18.4. The Balaban J connectivity index is 1.53. The molecule has 0 aromatic rings. The zero-order valence-corrected chi connectivity index (χ0v) is 17.7. The molecule has 4 aliphatic heterocycles. The molecule has 26 heavy (non-hydrogen) atoms. The Labute approximate surface area is 163 Å². The highest BCUT2D eigenvalue weighted by atomic mass is 32.2. The summed E-state index contributed by atoms with van der Waals surface area (Å²) in [5.74, 6) is 2.54. The molecule has 1 saturated carbocycles. The molecule has 5 rings (SSSR count). The van der Waals surface area contributed by atoms with Crippen LogP contribution in [0.25, 0.3) is 0 Å². The van der Waals surface area contributed by atoms with Crippen molar-refractivity contribution in [2.75, 3.05) is 5.75 Å². The number of fused-ring (bicyclic) bond motifs is 2. The summed E-state index contributed by atoms with van der Waals surface area (Å²) >= 11 is 1.99. The maximum Gasteiger partial charge on any atom is 0.201 e. The fraction of sp³-hybridized carbons (Fsp3) is 1.00. The van der Waals surface area contributed by atoms with Crippen LogP contribution in [0.5, 0.6) is 0 Å². The summed E-state index contributed by atoms with van der Waals surface area (Å²) in [5, 5.41) is 0. The maximum atomic E-state index is 6.60.